The summed E-state index contributed by atoms with van der Waals surface area (Å²) in [6, 6.07) is 6.41. The predicted octanol–water partition coefficient (Wildman–Crippen LogP) is 2.18. The number of nitrogens with one attached hydrogen (secondary N) is 1. The Morgan fingerprint density at radius 2 is 2.17 bits per heavy atom. The lowest BCUT2D eigenvalue weighted by Crippen LogP contribution is -2.39. The zero-order chi connectivity index (χ0) is 13.5. The molecule has 2 N–H and O–H groups in total. The Hall–Kier alpha value is -1.55. The number of methoxy groups -OCH3 is 1. The largest absolute Gasteiger partial charge is 0.508 e. The average molecular weight is 251 g/mol. The smallest absolute Gasteiger partial charge is 0.251 e. The van der Waals surface area contributed by atoms with E-state index in [1.54, 1.807) is 25.3 Å². The van der Waals surface area contributed by atoms with Gasteiger partial charge in [0.05, 0.1) is 0 Å². The molecule has 0 fully saturated rings. The molecular formula is C14H21NO3. The Morgan fingerprint density at radius 1 is 1.44 bits per heavy atom. The van der Waals surface area contributed by atoms with Crippen LogP contribution in [0, 0.1) is 5.92 Å². The highest BCUT2D eigenvalue weighted by Crippen LogP contribution is 2.12. The number of amides is 1. The molecule has 0 spiro atoms. The third-order valence-corrected chi connectivity index (χ3v) is 2.86. The Balaban J connectivity index is 2.66. The summed E-state index contributed by atoms with van der Waals surface area (Å²) in [6.07, 6.45) is 0.777. The van der Waals surface area contributed by atoms with E-state index in [0.29, 0.717) is 18.1 Å². The van der Waals surface area contributed by atoms with Crippen molar-refractivity contribution >= 4 is 5.91 Å². The highest BCUT2D eigenvalue weighted by molar-refractivity contribution is 5.94. The Labute approximate surface area is 108 Å². The summed E-state index contributed by atoms with van der Waals surface area (Å²) in [5, 5.41) is 12.3. The summed E-state index contributed by atoms with van der Waals surface area (Å²) in [7, 11) is 1.65. The monoisotopic (exact) mass is 251 g/mol. The van der Waals surface area contributed by atoms with E-state index >= 15 is 0 Å². The fourth-order valence-electron chi connectivity index (χ4n) is 1.72. The van der Waals surface area contributed by atoms with Gasteiger partial charge in [-0.2, -0.15) is 0 Å². The molecule has 100 valence electrons. The van der Waals surface area contributed by atoms with Crippen LogP contribution >= 0.6 is 0 Å². The normalized spacial score (nSPS) is 12.4. The molecule has 0 bridgehead atoms. The molecule has 18 heavy (non-hydrogen) atoms. The highest BCUT2D eigenvalue weighted by atomic mass is 16.5. The molecule has 0 saturated carbocycles. The number of phenols is 1. The van der Waals surface area contributed by atoms with E-state index in [-0.39, 0.29) is 17.7 Å². The molecule has 4 heteroatoms. The van der Waals surface area contributed by atoms with Crippen molar-refractivity contribution in [3.63, 3.8) is 0 Å². The van der Waals surface area contributed by atoms with Gasteiger partial charge in [-0.3, -0.25) is 4.79 Å². The van der Waals surface area contributed by atoms with Crippen LogP contribution in [0.2, 0.25) is 0 Å². The number of benzene rings is 1. The summed E-state index contributed by atoms with van der Waals surface area (Å²) in [6.45, 7) is 4.73. The van der Waals surface area contributed by atoms with E-state index in [1.165, 1.54) is 6.07 Å². The van der Waals surface area contributed by atoms with E-state index in [1.807, 2.05) is 0 Å². The number of aromatic hydroxyl groups is 1. The van der Waals surface area contributed by atoms with Crippen LogP contribution in [0.15, 0.2) is 24.3 Å². The van der Waals surface area contributed by atoms with E-state index in [9.17, 15) is 9.90 Å². The molecule has 0 aliphatic rings. The van der Waals surface area contributed by atoms with Gasteiger partial charge in [-0.25, -0.2) is 0 Å². The van der Waals surface area contributed by atoms with Gasteiger partial charge in [0.1, 0.15) is 5.75 Å². The summed E-state index contributed by atoms with van der Waals surface area (Å²) < 4.78 is 5.04. The molecule has 1 amide bonds. The second kappa shape index (κ2) is 7.01. The predicted molar refractivity (Wildman–Crippen MR) is 70.7 cm³/mol. The van der Waals surface area contributed by atoms with Gasteiger partial charge in [-0.15, -0.1) is 0 Å². The van der Waals surface area contributed by atoms with Crippen molar-refractivity contribution < 1.29 is 14.6 Å². The molecule has 1 atom stereocenters. The molecule has 0 aromatic heterocycles. The first-order valence-corrected chi connectivity index (χ1v) is 6.13. The Kier molecular flexibility index (Phi) is 5.65. The zero-order valence-electron chi connectivity index (χ0n) is 11.1. The van der Waals surface area contributed by atoms with Gasteiger partial charge in [0.25, 0.3) is 5.91 Å². The molecular weight excluding hydrogens is 230 g/mol. The lowest BCUT2D eigenvalue weighted by atomic mass is 10.0. The van der Waals surface area contributed by atoms with Gasteiger partial charge in [0.2, 0.25) is 0 Å². The molecule has 0 unspecified atom stereocenters. The van der Waals surface area contributed by atoms with Crippen LogP contribution in [0.5, 0.6) is 5.75 Å². The van der Waals surface area contributed by atoms with Crippen molar-refractivity contribution in [1.29, 1.82) is 0 Å². The minimum Gasteiger partial charge on any atom is -0.508 e. The van der Waals surface area contributed by atoms with Gasteiger partial charge in [-0.05, 0) is 30.5 Å². The molecule has 0 radical (unpaired) electrons. The maximum absolute atomic E-state index is 12.0. The van der Waals surface area contributed by atoms with Gasteiger partial charge in [-0.1, -0.05) is 19.9 Å². The van der Waals surface area contributed by atoms with Crippen LogP contribution in [0.1, 0.15) is 30.6 Å². The van der Waals surface area contributed by atoms with Crippen molar-refractivity contribution in [2.24, 2.45) is 5.92 Å². The third kappa shape index (κ3) is 4.37. The van der Waals surface area contributed by atoms with E-state index < -0.39 is 0 Å². The van der Waals surface area contributed by atoms with Crippen molar-refractivity contribution in [3.05, 3.63) is 29.8 Å². The number of hydrogen-bond donors (Lipinski definition) is 2. The van der Waals surface area contributed by atoms with Gasteiger partial charge in [0.15, 0.2) is 0 Å². The summed E-state index contributed by atoms with van der Waals surface area (Å²) in [4.78, 5) is 12.0. The number of carbonyl (C=O) groups excluding carboxylic acids is 1. The average Bonchev–Trinajstić information content (AvgIpc) is 2.33. The maximum Gasteiger partial charge on any atom is 0.251 e. The topological polar surface area (TPSA) is 58.6 Å². The molecule has 0 aliphatic carbocycles. The summed E-state index contributed by atoms with van der Waals surface area (Å²) in [5.74, 6) is 0.266. The van der Waals surface area contributed by atoms with Crippen molar-refractivity contribution in [1.82, 2.24) is 5.32 Å². The molecule has 4 nitrogen and oxygen atoms in total. The van der Waals surface area contributed by atoms with E-state index in [2.05, 4.69) is 19.2 Å². The maximum atomic E-state index is 12.0. The SMILES string of the molecule is COCC[C@@H](NC(=O)c1cccc(O)c1)C(C)C. The number of phenolic OH excluding ortho intramolecular Hbond substituents is 1. The quantitative estimate of drug-likeness (QED) is 0.814. The van der Waals surface area contributed by atoms with Crippen LogP contribution in [-0.4, -0.2) is 30.8 Å². The standard InChI is InChI=1S/C14H21NO3/c1-10(2)13(7-8-18-3)15-14(17)11-5-4-6-12(16)9-11/h4-6,9-10,13,16H,7-8H2,1-3H3,(H,15,17)/t13-/m1/s1. The van der Waals surface area contributed by atoms with Crippen molar-refractivity contribution in [3.8, 4) is 5.75 Å². The molecule has 1 aromatic rings. The van der Waals surface area contributed by atoms with Gasteiger partial charge in [0, 0.05) is 25.3 Å². The second-order valence-corrected chi connectivity index (χ2v) is 4.66. The van der Waals surface area contributed by atoms with Gasteiger partial charge >= 0.3 is 0 Å². The Bertz CT molecular complexity index is 390. The number of carbonyl (C=O) groups is 1. The number of ether oxygens (including phenoxy) is 1. The highest BCUT2D eigenvalue weighted by Gasteiger charge is 2.17. The van der Waals surface area contributed by atoms with Crippen LogP contribution < -0.4 is 5.32 Å². The number of rotatable bonds is 6. The van der Waals surface area contributed by atoms with Gasteiger partial charge < -0.3 is 15.2 Å². The van der Waals surface area contributed by atoms with Crippen LogP contribution in [0.25, 0.3) is 0 Å². The Morgan fingerprint density at radius 3 is 2.72 bits per heavy atom. The number of hydrogen-bond acceptors (Lipinski definition) is 3. The fraction of sp³-hybridized carbons (Fsp3) is 0.500. The van der Waals surface area contributed by atoms with Crippen LogP contribution in [0.4, 0.5) is 0 Å². The fourth-order valence-corrected chi connectivity index (χ4v) is 1.72. The first-order chi connectivity index (χ1) is 8.54. The minimum absolute atomic E-state index is 0.0693. The van der Waals surface area contributed by atoms with Crippen molar-refractivity contribution in [2.45, 2.75) is 26.3 Å². The lowest BCUT2D eigenvalue weighted by molar-refractivity contribution is 0.0908. The van der Waals surface area contributed by atoms with Crippen LogP contribution in [0.3, 0.4) is 0 Å². The first kappa shape index (κ1) is 14.5. The minimum atomic E-state index is -0.166. The summed E-state index contributed by atoms with van der Waals surface area (Å²) >= 11 is 0. The molecule has 1 rings (SSSR count). The third-order valence-electron chi connectivity index (χ3n) is 2.86. The second-order valence-electron chi connectivity index (χ2n) is 4.66. The molecule has 0 saturated heterocycles. The van der Waals surface area contributed by atoms with E-state index in [4.69, 9.17) is 4.74 Å². The summed E-state index contributed by atoms with van der Waals surface area (Å²) in [5.41, 5.74) is 0.470. The first-order valence-electron chi connectivity index (χ1n) is 6.13. The zero-order valence-corrected chi connectivity index (χ0v) is 11.1. The molecule has 1 aromatic carbocycles. The van der Waals surface area contributed by atoms with Crippen molar-refractivity contribution in [2.75, 3.05) is 13.7 Å². The van der Waals surface area contributed by atoms with Crippen LogP contribution in [-0.2, 0) is 4.74 Å². The molecule has 0 aliphatic heterocycles. The molecule has 0 heterocycles. The van der Waals surface area contributed by atoms with E-state index in [0.717, 1.165) is 6.42 Å². The lowest BCUT2D eigenvalue weighted by Gasteiger charge is -2.22.